The quantitative estimate of drug-likeness (QED) is 0.839. The molecule has 1 saturated carbocycles. The number of aliphatic carboxylic acids is 1. The monoisotopic (exact) mass is 280 g/mol. The van der Waals surface area contributed by atoms with Crippen molar-refractivity contribution in [2.75, 3.05) is 0 Å². The lowest BCUT2D eigenvalue weighted by Gasteiger charge is -2.29. The summed E-state index contributed by atoms with van der Waals surface area (Å²) >= 11 is 0. The van der Waals surface area contributed by atoms with Crippen molar-refractivity contribution in [3.05, 3.63) is 5.82 Å². The molecular weight excluding hydrogens is 256 g/mol. The predicted octanol–water partition coefficient (Wildman–Crippen LogP) is 2.71. The van der Waals surface area contributed by atoms with Gasteiger partial charge in [0.2, 0.25) is 0 Å². The van der Waals surface area contributed by atoms with Crippen molar-refractivity contribution in [1.82, 2.24) is 20.2 Å². The molecule has 0 spiro atoms. The molecule has 0 saturated heterocycles. The van der Waals surface area contributed by atoms with Gasteiger partial charge in [-0.3, -0.25) is 0 Å². The summed E-state index contributed by atoms with van der Waals surface area (Å²) in [4.78, 5) is 11.8. The molecule has 1 aliphatic carbocycles. The van der Waals surface area contributed by atoms with Crippen LogP contribution >= 0.6 is 0 Å². The van der Waals surface area contributed by atoms with Gasteiger partial charge in [-0.2, -0.15) is 0 Å². The minimum Gasteiger partial charge on any atom is -0.479 e. The highest BCUT2D eigenvalue weighted by Crippen LogP contribution is 2.34. The van der Waals surface area contributed by atoms with Crippen LogP contribution in [0.15, 0.2) is 0 Å². The van der Waals surface area contributed by atoms with Crippen LogP contribution in [0, 0.1) is 0 Å². The molecule has 6 heteroatoms. The molecule has 0 unspecified atom stereocenters. The molecule has 6 nitrogen and oxygen atoms in total. The first kappa shape index (κ1) is 14.9. The van der Waals surface area contributed by atoms with Crippen LogP contribution in [0.4, 0.5) is 0 Å². The molecule has 0 amide bonds. The SMILES string of the molecule is CCC(CC)(C(=O)O)n1nnnc1C1CCCCCC1. The number of hydrogen-bond acceptors (Lipinski definition) is 4. The van der Waals surface area contributed by atoms with Crippen molar-refractivity contribution < 1.29 is 9.90 Å². The highest BCUT2D eigenvalue weighted by molar-refractivity contribution is 5.76. The van der Waals surface area contributed by atoms with Crippen molar-refractivity contribution in [3.8, 4) is 0 Å². The first-order chi connectivity index (χ1) is 9.65. The molecule has 0 aromatic carbocycles. The second-order valence-electron chi connectivity index (χ2n) is 5.68. The molecular formula is C14H24N4O2. The topological polar surface area (TPSA) is 80.9 Å². The lowest BCUT2D eigenvalue weighted by atomic mass is 9.91. The normalized spacial score (nSPS) is 17.9. The van der Waals surface area contributed by atoms with E-state index in [0.717, 1.165) is 18.7 Å². The van der Waals surface area contributed by atoms with E-state index in [4.69, 9.17) is 0 Å². The highest BCUT2D eigenvalue weighted by atomic mass is 16.4. The number of carbonyl (C=O) groups is 1. The van der Waals surface area contributed by atoms with Gasteiger partial charge in [0.25, 0.3) is 0 Å². The minimum absolute atomic E-state index is 0.296. The molecule has 1 aromatic rings. The fourth-order valence-electron chi connectivity index (χ4n) is 3.23. The molecule has 0 bridgehead atoms. The number of carboxylic acids is 1. The van der Waals surface area contributed by atoms with Gasteiger partial charge in [-0.25, -0.2) is 9.48 Å². The molecule has 20 heavy (non-hydrogen) atoms. The van der Waals surface area contributed by atoms with Crippen LogP contribution in [0.5, 0.6) is 0 Å². The third-order valence-corrected chi connectivity index (χ3v) is 4.69. The van der Waals surface area contributed by atoms with Crippen LogP contribution < -0.4 is 0 Å². The fraction of sp³-hybridized carbons (Fsp3) is 0.857. The summed E-state index contributed by atoms with van der Waals surface area (Å²) in [6.07, 6.45) is 7.96. The third kappa shape index (κ3) is 2.55. The summed E-state index contributed by atoms with van der Waals surface area (Å²) in [5, 5.41) is 21.6. The Balaban J connectivity index is 2.37. The van der Waals surface area contributed by atoms with Gasteiger partial charge < -0.3 is 5.11 Å². The summed E-state index contributed by atoms with van der Waals surface area (Å²) in [5.41, 5.74) is -1.01. The van der Waals surface area contributed by atoms with Gasteiger partial charge in [0, 0.05) is 5.92 Å². The molecule has 0 radical (unpaired) electrons. The zero-order chi connectivity index (χ0) is 14.6. The van der Waals surface area contributed by atoms with Crippen LogP contribution in [0.1, 0.15) is 77.0 Å². The van der Waals surface area contributed by atoms with E-state index in [-0.39, 0.29) is 0 Å². The van der Waals surface area contributed by atoms with Crippen LogP contribution in [-0.4, -0.2) is 31.3 Å². The van der Waals surface area contributed by atoms with Crippen molar-refractivity contribution in [3.63, 3.8) is 0 Å². The molecule has 1 fully saturated rings. The molecule has 1 aliphatic rings. The maximum atomic E-state index is 11.8. The molecule has 1 heterocycles. The Morgan fingerprint density at radius 2 is 1.85 bits per heavy atom. The van der Waals surface area contributed by atoms with Crippen LogP contribution in [0.3, 0.4) is 0 Å². The van der Waals surface area contributed by atoms with Gasteiger partial charge in [-0.15, -0.1) is 5.10 Å². The molecule has 112 valence electrons. The number of tetrazole rings is 1. The van der Waals surface area contributed by atoms with E-state index in [0.29, 0.717) is 18.8 Å². The van der Waals surface area contributed by atoms with Crippen LogP contribution in [0.25, 0.3) is 0 Å². The molecule has 0 atom stereocenters. The van der Waals surface area contributed by atoms with E-state index in [1.54, 1.807) is 4.68 Å². The van der Waals surface area contributed by atoms with Crippen molar-refractivity contribution in [2.24, 2.45) is 0 Å². The van der Waals surface area contributed by atoms with Crippen molar-refractivity contribution in [1.29, 1.82) is 0 Å². The maximum Gasteiger partial charge on any atom is 0.331 e. The Morgan fingerprint density at radius 1 is 1.25 bits per heavy atom. The van der Waals surface area contributed by atoms with E-state index in [2.05, 4.69) is 15.5 Å². The minimum atomic E-state index is -1.01. The number of rotatable bonds is 5. The predicted molar refractivity (Wildman–Crippen MR) is 74.5 cm³/mol. The van der Waals surface area contributed by atoms with Crippen LogP contribution in [-0.2, 0) is 10.3 Å². The molecule has 1 N–H and O–H groups in total. The lowest BCUT2D eigenvalue weighted by molar-refractivity contribution is -0.149. The van der Waals surface area contributed by atoms with E-state index in [1.165, 1.54) is 25.7 Å². The largest absolute Gasteiger partial charge is 0.479 e. The first-order valence-electron chi connectivity index (χ1n) is 7.68. The van der Waals surface area contributed by atoms with Gasteiger partial charge in [0.15, 0.2) is 11.4 Å². The Labute approximate surface area is 119 Å². The summed E-state index contributed by atoms with van der Waals surface area (Å²) in [5.74, 6) is 0.215. The lowest BCUT2D eigenvalue weighted by Crippen LogP contribution is -2.43. The van der Waals surface area contributed by atoms with Crippen molar-refractivity contribution in [2.45, 2.75) is 76.7 Å². The maximum absolute atomic E-state index is 11.8. The standard InChI is InChI=1S/C14H24N4O2/c1-3-14(4-2,13(19)20)18-12(15-16-17-18)11-9-7-5-6-8-10-11/h11H,3-10H2,1-2H3,(H,19,20). The van der Waals surface area contributed by atoms with Gasteiger partial charge in [-0.1, -0.05) is 39.5 Å². The van der Waals surface area contributed by atoms with Gasteiger partial charge in [-0.05, 0) is 36.1 Å². The van der Waals surface area contributed by atoms with E-state index < -0.39 is 11.5 Å². The molecule has 1 aromatic heterocycles. The Hall–Kier alpha value is -1.46. The smallest absolute Gasteiger partial charge is 0.331 e. The van der Waals surface area contributed by atoms with E-state index >= 15 is 0 Å². The molecule has 2 rings (SSSR count). The summed E-state index contributed by atoms with van der Waals surface area (Å²) in [7, 11) is 0. The second kappa shape index (κ2) is 6.33. The number of hydrogen-bond donors (Lipinski definition) is 1. The Bertz CT molecular complexity index is 446. The Kier molecular flexibility index (Phi) is 4.73. The van der Waals surface area contributed by atoms with Crippen molar-refractivity contribution >= 4 is 5.97 Å². The fourth-order valence-corrected chi connectivity index (χ4v) is 3.23. The average molecular weight is 280 g/mol. The Morgan fingerprint density at radius 3 is 2.35 bits per heavy atom. The van der Waals surface area contributed by atoms with Crippen LogP contribution in [0.2, 0.25) is 0 Å². The zero-order valence-electron chi connectivity index (χ0n) is 12.4. The van der Waals surface area contributed by atoms with Gasteiger partial charge >= 0.3 is 5.97 Å². The van der Waals surface area contributed by atoms with Gasteiger partial charge in [0.1, 0.15) is 0 Å². The summed E-state index contributed by atoms with van der Waals surface area (Å²) < 4.78 is 1.59. The van der Waals surface area contributed by atoms with E-state index in [1.807, 2.05) is 13.8 Å². The van der Waals surface area contributed by atoms with Gasteiger partial charge in [0.05, 0.1) is 0 Å². The highest BCUT2D eigenvalue weighted by Gasteiger charge is 2.41. The number of nitrogens with zero attached hydrogens (tertiary/aromatic N) is 4. The number of aromatic nitrogens is 4. The average Bonchev–Trinajstić information content (AvgIpc) is 2.77. The summed E-state index contributed by atoms with van der Waals surface area (Å²) in [6, 6.07) is 0. The summed E-state index contributed by atoms with van der Waals surface area (Å²) in [6.45, 7) is 3.77. The van der Waals surface area contributed by atoms with E-state index in [9.17, 15) is 9.90 Å². The zero-order valence-corrected chi connectivity index (χ0v) is 12.4. The third-order valence-electron chi connectivity index (χ3n) is 4.69. The first-order valence-corrected chi connectivity index (χ1v) is 7.68. The number of carboxylic acid groups (broad SMARTS) is 1. The second-order valence-corrected chi connectivity index (χ2v) is 5.68. The molecule has 0 aliphatic heterocycles.